The largest absolute Gasteiger partial charge is 0.444 e. The number of aromatic nitrogens is 1. The Bertz CT molecular complexity index is 1010. The molecule has 1 saturated heterocycles. The molecule has 1 aromatic heterocycles. The number of nitrogens with one attached hydrogen (secondary N) is 1. The number of hydrogen-bond acceptors (Lipinski definition) is 7. The third kappa shape index (κ3) is 4.98. The lowest BCUT2D eigenvalue weighted by atomic mass is 10.1. The molecule has 1 N–H and O–H groups in total. The van der Waals surface area contributed by atoms with Crippen molar-refractivity contribution in [3.8, 4) is 12.1 Å². The highest BCUT2D eigenvalue weighted by atomic mass is 16.6. The molecule has 30 heavy (non-hydrogen) atoms. The van der Waals surface area contributed by atoms with Crippen molar-refractivity contribution in [1.82, 2.24) is 9.88 Å². The van der Waals surface area contributed by atoms with E-state index < -0.39 is 5.60 Å². The van der Waals surface area contributed by atoms with Crippen LogP contribution in [0.2, 0.25) is 0 Å². The van der Waals surface area contributed by atoms with E-state index in [1.807, 2.05) is 26.8 Å². The maximum Gasteiger partial charge on any atom is 0.410 e. The smallest absolute Gasteiger partial charge is 0.410 e. The molecule has 0 radical (unpaired) electrons. The first-order chi connectivity index (χ1) is 14.3. The predicted molar refractivity (Wildman–Crippen MR) is 113 cm³/mol. The number of rotatable bonds is 3. The van der Waals surface area contributed by atoms with Gasteiger partial charge < -0.3 is 19.9 Å². The predicted octanol–water partition coefficient (Wildman–Crippen LogP) is 3.63. The zero-order valence-electron chi connectivity index (χ0n) is 17.3. The van der Waals surface area contributed by atoms with Crippen LogP contribution in [0.3, 0.4) is 0 Å². The molecule has 1 aromatic carbocycles. The molecule has 0 unspecified atom stereocenters. The average molecular weight is 404 g/mol. The van der Waals surface area contributed by atoms with Gasteiger partial charge in [0.05, 0.1) is 28.6 Å². The summed E-state index contributed by atoms with van der Waals surface area (Å²) in [6.45, 7) is 7.85. The normalized spacial score (nSPS) is 13.9. The Morgan fingerprint density at radius 1 is 1.13 bits per heavy atom. The zero-order chi connectivity index (χ0) is 21.7. The fourth-order valence-corrected chi connectivity index (χ4v) is 3.16. The Morgan fingerprint density at radius 2 is 1.87 bits per heavy atom. The molecule has 0 aliphatic carbocycles. The molecule has 0 spiro atoms. The van der Waals surface area contributed by atoms with Crippen molar-refractivity contribution in [2.45, 2.75) is 26.4 Å². The minimum absolute atomic E-state index is 0.313. The quantitative estimate of drug-likeness (QED) is 0.833. The summed E-state index contributed by atoms with van der Waals surface area (Å²) in [6, 6.07) is 13.0. The highest BCUT2D eigenvalue weighted by Gasteiger charge is 2.27. The van der Waals surface area contributed by atoms with E-state index in [1.54, 1.807) is 35.4 Å². The molecule has 8 heteroatoms. The molecular weight excluding hydrogens is 380 g/mol. The first-order valence-electron chi connectivity index (χ1n) is 9.70. The van der Waals surface area contributed by atoms with Gasteiger partial charge in [-0.05, 0) is 51.1 Å². The summed E-state index contributed by atoms with van der Waals surface area (Å²) < 4.78 is 5.46. The van der Waals surface area contributed by atoms with E-state index in [1.165, 1.54) is 0 Å². The van der Waals surface area contributed by atoms with E-state index in [-0.39, 0.29) is 6.09 Å². The lowest BCUT2D eigenvalue weighted by Gasteiger charge is -2.37. The summed E-state index contributed by atoms with van der Waals surface area (Å²) in [5.41, 5.74) is 1.96. The molecular formula is C22H24N6O2. The highest BCUT2D eigenvalue weighted by molar-refractivity contribution is 5.78. The maximum atomic E-state index is 12.3. The van der Waals surface area contributed by atoms with Crippen LogP contribution in [0.5, 0.6) is 0 Å². The third-order valence-electron chi connectivity index (χ3n) is 4.58. The molecule has 2 aromatic rings. The number of anilines is 3. The summed E-state index contributed by atoms with van der Waals surface area (Å²) in [6.07, 6.45) is 1.30. The Hall–Kier alpha value is -3.78. The van der Waals surface area contributed by atoms with Gasteiger partial charge in [0.2, 0.25) is 0 Å². The van der Waals surface area contributed by atoms with Crippen LogP contribution in [0.1, 0.15) is 31.9 Å². The second-order valence-electron chi connectivity index (χ2n) is 7.93. The Morgan fingerprint density at radius 3 is 2.50 bits per heavy atom. The van der Waals surface area contributed by atoms with Gasteiger partial charge in [-0.3, -0.25) is 0 Å². The maximum absolute atomic E-state index is 12.3. The number of hydrogen-bond donors (Lipinski definition) is 1. The Labute approximate surface area is 176 Å². The number of nitrogens with zero attached hydrogens (tertiary/aromatic N) is 5. The van der Waals surface area contributed by atoms with Crippen LogP contribution >= 0.6 is 0 Å². The van der Waals surface area contributed by atoms with Crippen molar-refractivity contribution in [3.63, 3.8) is 0 Å². The second-order valence-corrected chi connectivity index (χ2v) is 7.93. The van der Waals surface area contributed by atoms with Gasteiger partial charge in [0.25, 0.3) is 0 Å². The van der Waals surface area contributed by atoms with Gasteiger partial charge in [-0.15, -0.1) is 0 Å². The number of pyridine rings is 1. The van der Waals surface area contributed by atoms with Crippen molar-refractivity contribution in [2.75, 3.05) is 36.4 Å². The highest BCUT2D eigenvalue weighted by Crippen LogP contribution is 2.31. The van der Waals surface area contributed by atoms with Crippen LogP contribution in [0.25, 0.3) is 0 Å². The van der Waals surface area contributed by atoms with E-state index in [0.29, 0.717) is 48.8 Å². The molecule has 2 heterocycles. The molecule has 0 atom stereocenters. The van der Waals surface area contributed by atoms with Crippen molar-refractivity contribution >= 4 is 23.3 Å². The SMILES string of the molecule is CC(C)(C)OC(=O)N1CCN(c2ccc(C#N)cc2Nc2ncccc2C#N)CC1. The molecule has 154 valence electrons. The lowest BCUT2D eigenvalue weighted by molar-refractivity contribution is 0.0240. The van der Waals surface area contributed by atoms with Gasteiger partial charge in [-0.2, -0.15) is 10.5 Å². The van der Waals surface area contributed by atoms with Crippen molar-refractivity contribution in [3.05, 3.63) is 47.7 Å². The molecule has 1 fully saturated rings. The van der Waals surface area contributed by atoms with Crippen molar-refractivity contribution in [2.24, 2.45) is 0 Å². The summed E-state index contributed by atoms with van der Waals surface area (Å²) in [5.74, 6) is 0.434. The molecule has 0 saturated carbocycles. The lowest BCUT2D eigenvalue weighted by Crippen LogP contribution is -2.50. The summed E-state index contributed by atoms with van der Waals surface area (Å²) in [5, 5.41) is 21.8. The number of benzene rings is 1. The number of carbonyl (C=O) groups is 1. The Balaban J connectivity index is 1.79. The van der Waals surface area contributed by atoms with Crippen LogP contribution < -0.4 is 10.2 Å². The molecule has 8 nitrogen and oxygen atoms in total. The first kappa shape index (κ1) is 20.9. The zero-order valence-corrected chi connectivity index (χ0v) is 17.3. The molecule has 1 aliphatic rings. The van der Waals surface area contributed by atoms with Crippen LogP contribution in [-0.2, 0) is 4.74 Å². The van der Waals surface area contributed by atoms with Gasteiger partial charge in [-0.1, -0.05) is 0 Å². The monoisotopic (exact) mass is 404 g/mol. The second kappa shape index (κ2) is 8.71. The summed E-state index contributed by atoms with van der Waals surface area (Å²) in [7, 11) is 0. The van der Waals surface area contributed by atoms with E-state index >= 15 is 0 Å². The number of ether oxygens (including phenoxy) is 1. The summed E-state index contributed by atoms with van der Waals surface area (Å²) >= 11 is 0. The van der Waals surface area contributed by atoms with Gasteiger partial charge in [0.1, 0.15) is 17.5 Å². The van der Waals surface area contributed by atoms with Gasteiger partial charge in [0.15, 0.2) is 0 Å². The fourth-order valence-electron chi connectivity index (χ4n) is 3.16. The van der Waals surface area contributed by atoms with Gasteiger partial charge in [0, 0.05) is 32.4 Å². The Kier molecular flexibility index (Phi) is 6.08. The molecule has 0 bridgehead atoms. The molecule has 1 aliphatic heterocycles. The third-order valence-corrected chi connectivity index (χ3v) is 4.58. The number of carbonyl (C=O) groups excluding carboxylic acids is 1. The molecule has 3 rings (SSSR count). The van der Waals surface area contributed by atoms with Gasteiger partial charge >= 0.3 is 6.09 Å². The molecule has 1 amide bonds. The topological polar surface area (TPSA) is 105 Å². The minimum atomic E-state index is -0.528. The van der Waals surface area contributed by atoms with E-state index in [4.69, 9.17) is 4.74 Å². The van der Waals surface area contributed by atoms with E-state index in [2.05, 4.69) is 27.3 Å². The number of amides is 1. The van der Waals surface area contributed by atoms with Crippen molar-refractivity contribution < 1.29 is 9.53 Å². The van der Waals surface area contributed by atoms with Crippen molar-refractivity contribution in [1.29, 1.82) is 10.5 Å². The van der Waals surface area contributed by atoms with Crippen LogP contribution in [0.4, 0.5) is 22.0 Å². The van der Waals surface area contributed by atoms with Crippen LogP contribution in [-0.4, -0.2) is 47.8 Å². The van der Waals surface area contributed by atoms with E-state index in [9.17, 15) is 15.3 Å². The fraction of sp³-hybridized carbons (Fsp3) is 0.364. The minimum Gasteiger partial charge on any atom is -0.444 e. The van der Waals surface area contributed by atoms with Crippen LogP contribution in [0, 0.1) is 22.7 Å². The van der Waals surface area contributed by atoms with Crippen LogP contribution in [0.15, 0.2) is 36.5 Å². The number of piperazine rings is 1. The van der Waals surface area contributed by atoms with Gasteiger partial charge in [-0.25, -0.2) is 9.78 Å². The first-order valence-corrected chi connectivity index (χ1v) is 9.70. The number of nitriles is 2. The van der Waals surface area contributed by atoms with E-state index in [0.717, 1.165) is 5.69 Å². The summed E-state index contributed by atoms with van der Waals surface area (Å²) in [4.78, 5) is 20.4. The standard InChI is InChI=1S/C22H24N6O2/c1-22(2,3)30-21(29)28-11-9-27(10-12-28)19-7-6-16(14-23)13-18(19)26-20-17(15-24)5-4-8-25-20/h4-8,13H,9-12H2,1-3H3,(H,25,26). The average Bonchev–Trinajstić information content (AvgIpc) is 2.73.